The van der Waals surface area contributed by atoms with Crippen LogP contribution in [0.15, 0.2) is 84.9 Å². The van der Waals surface area contributed by atoms with Gasteiger partial charge in [-0.25, -0.2) is 0 Å². The van der Waals surface area contributed by atoms with E-state index in [0.29, 0.717) is 6.42 Å². The summed E-state index contributed by atoms with van der Waals surface area (Å²) in [6.07, 6.45) is 1.41. The van der Waals surface area contributed by atoms with Crippen LogP contribution in [-0.4, -0.2) is 11.9 Å². The fraction of sp³-hybridized carbons (Fsp3) is 0.208. The molecule has 1 amide bonds. The van der Waals surface area contributed by atoms with Crippen molar-refractivity contribution in [2.24, 2.45) is 0 Å². The third-order valence-electron chi connectivity index (χ3n) is 5.26. The quantitative estimate of drug-likeness (QED) is 0.640. The number of carbonyl (C=O) groups is 1. The van der Waals surface area contributed by atoms with Crippen molar-refractivity contribution in [3.05, 3.63) is 102 Å². The van der Waals surface area contributed by atoms with Crippen LogP contribution in [0, 0.1) is 0 Å². The van der Waals surface area contributed by atoms with Crippen LogP contribution >= 0.6 is 0 Å². The van der Waals surface area contributed by atoms with Crippen LogP contribution in [0.1, 0.15) is 36.0 Å². The van der Waals surface area contributed by atoms with E-state index in [9.17, 15) is 4.79 Å². The molecular weight excluding hydrogens is 318 g/mol. The van der Waals surface area contributed by atoms with E-state index in [-0.39, 0.29) is 17.9 Å². The number of benzene rings is 3. The van der Waals surface area contributed by atoms with Crippen LogP contribution < -0.4 is 4.90 Å². The van der Waals surface area contributed by atoms with Crippen LogP contribution in [0.3, 0.4) is 0 Å². The smallest absolute Gasteiger partial charge is 0.228 e. The van der Waals surface area contributed by atoms with E-state index in [2.05, 4.69) is 49.4 Å². The number of hydrogen-bond donors (Lipinski definition) is 0. The fourth-order valence-corrected chi connectivity index (χ4v) is 4.02. The highest BCUT2D eigenvalue weighted by Gasteiger charge is 2.32. The van der Waals surface area contributed by atoms with Crippen LogP contribution in [0.5, 0.6) is 0 Å². The van der Waals surface area contributed by atoms with E-state index < -0.39 is 0 Å². The zero-order valence-electron chi connectivity index (χ0n) is 15.0. The standard InChI is InChI=1S/C24H23NO/c1-18-16-21-14-8-9-15-23(21)25(18)24(26)17-22(19-10-4-2-5-11-19)20-12-6-3-7-13-20/h2-15,18,22H,16-17H2,1H3. The minimum atomic E-state index is 0.0739. The lowest BCUT2D eigenvalue weighted by molar-refractivity contribution is -0.119. The van der Waals surface area contributed by atoms with Gasteiger partial charge < -0.3 is 4.90 Å². The van der Waals surface area contributed by atoms with Gasteiger partial charge in [-0.2, -0.15) is 0 Å². The molecule has 0 fully saturated rings. The van der Waals surface area contributed by atoms with Crippen LogP contribution in [-0.2, 0) is 11.2 Å². The zero-order valence-corrected chi connectivity index (χ0v) is 15.0. The van der Waals surface area contributed by atoms with E-state index in [0.717, 1.165) is 12.1 Å². The summed E-state index contributed by atoms with van der Waals surface area (Å²) in [7, 11) is 0. The first-order valence-corrected chi connectivity index (χ1v) is 9.24. The van der Waals surface area contributed by atoms with E-state index in [1.165, 1.54) is 16.7 Å². The lowest BCUT2D eigenvalue weighted by Crippen LogP contribution is -2.36. The Hall–Kier alpha value is -2.87. The first-order chi connectivity index (χ1) is 12.7. The maximum absolute atomic E-state index is 13.3. The predicted molar refractivity (Wildman–Crippen MR) is 106 cm³/mol. The Labute approximate surface area is 155 Å². The van der Waals surface area contributed by atoms with Crippen LogP contribution in [0.2, 0.25) is 0 Å². The molecule has 1 heterocycles. The van der Waals surface area contributed by atoms with Crippen molar-refractivity contribution in [2.45, 2.75) is 31.7 Å². The average molecular weight is 341 g/mol. The van der Waals surface area contributed by atoms with Gasteiger partial charge in [-0.1, -0.05) is 78.9 Å². The number of carbonyl (C=O) groups excluding carboxylic acids is 1. The van der Waals surface area contributed by atoms with Gasteiger partial charge in [0.2, 0.25) is 5.91 Å². The summed E-state index contributed by atoms with van der Waals surface area (Å²) in [5.74, 6) is 0.269. The van der Waals surface area contributed by atoms with Crippen molar-refractivity contribution in [2.75, 3.05) is 4.90 Å². The van der Waals surface area contributed by atoms with Gasteiger partial charge in [-0.15, -0.1) is 0 Å². The summed E-state index contributed by atoms with van der Waals surface area (Å²) in [6.45, 7) is 2.14. The maximum atomic E-state index is 13.3. The first kappa shape index (κ1) is 16.6. The molecule has 1 atom stereocenters. The molecule has 3 aromatic rings. The molecule has 0 aliphatic carbocycles. The molecule has 0 N–H and O–H groups in total. The van der Waals surface area contributed by atoms with Crippen LogP contribution in [0.25, 0.3) is 0 Å². The number of anilines is 1. The Balaban J connectivity index is 1.65. The number of fused-ring (bicyclic) bond motifs is 1. The zero-order chi connectivity index (χ0) is 17.9. The Morgan fingerprint density at radius 1 is 0.885 bits per heavy atom. The number of hydrogen-bond acceptors (Lipinski definition) is 1. The molecule has 2 heteroatoms. The number of nitrogens with zero attached hydrogens (tertiary/aromatic N) is 1. The van der Waals surface area contributed by atoms with Crippen molar-refractivity contribution in [1.29, 1.82) is 0 Å². The highest BCUT2D eigenvalue weighted by atomic mass is 16.2. The molecule has 1 unspecified atom stereocenters. The summed E-state index contributed by atoms with van der Waals surface area (Å²) < 4.78 is 0. The molecule has 1 aliphatic rings. The summed E-state index contributed by atoms with van der Waals surface area (Å²) >= 11 is 0. The molecule has 0 spiro atoms. The second kappa shape index (κ2) is 7.17. The average Bonchev–Trinajstić information content (AvgIpc) is 3.03. The van der Waals surface area contributed by atoms with Gasteiger partial charge in [-0.05, 0) is 36.1 Å². The number of rotatable bonds is 4. The second-order valence-electron chi connectivity index (χ2n) is 7.02. The van der Waals surface area contributed by atoms with Crippen molar-refractivity contribution >= 4 is 11.6 Å². The van der Waals surface area contributed by atoms with Gasteiger partial charge in [0.05, 0.1) is 0 Å². The lowest BCUT2D eigenvalue weighted by Gasteiger charge is -2.26. The van der Waals surface area contributed by atoms with Crippen molar-refractivity contribution < 1.29 is 4.79 Å². The first-order valence-electron chi connectivity index (χ1n) is 9.24. The fourth-order valence-electron chi connectivity index (χ4n) is 4.02. The van der Waals surface area contributed by atoms with E-state index in [1.807, 2.05) is 47.4 Å². The summed E-state index contributed by atoms with van der Waals surface area (Å²) in [5, 5.41) is 0. The molecule has 2 nitrogen and oxygen atoms in total. The lowest BCUT2D eigenvalue weighted by atomic mass is 9.88. The van der Waals surface area contributed by atoms with E-state index >= 15 is 0 Å². The molecule has 0 aromatic heterocycles. The van der Waals surface area contributed by atoms with Crippen molar-refractivity contribution in [3.8, 4) is 0 Å². The third kappa shape index (κ3) is 3.15. The van der Waals surface area contributed by atoms with Crippen LogP contribution in [0.4, 0.5) is 5.69 Å². The largest absolute Gasteiger partial charge is 0.309 e. The second-order valence-corrected chi connectivity index (χ2v) is 7.02. The topological polar surface area (TPSA) is 20.3 Å². The molecule has 26 heavy (non-hydrogen) atoms. The Kier molecular flexibility index (Phi) is 4.57. The summed E-state index contributed by atoms with van der Waals surface area (Å²) in [4.78, 5) is 15.3. The van der Waals surface area contributed by atoms with Gasteiger partial charge in [0.15, 0.2) is 0 Å². The third-order valence-corrected chi connectivity index (χ3v) is 5.26. The number of para-hydroxylation sites is 1. The number of amides is 1. The predicted octanol–water partition coefficient (Wildman–Crippen LogP) is 5.19. The van der Waals surface area contributed by atoms with Gasteiger partial charge >= 0.3 is 0 Å². The molecule has 0 saturated carbocycles. The molecule has 1 aliphatic heterocycles. The van der Waals surface area contributed by atoms with Gasteiger partial charge in [-0.3, -0.25) is 4.79 Å². The Morgan fingerprint density at radius 3 is 2.04 bits per heavy atom. The highest BCUT2D eigenvalue weighted by molar-refractivity contribution is 5.96. The SMILES string of the molecule is CC1Cc2ccccc2N1C(=O)CC(c1ccccc1)c1ccccc1. The Bertz CT molecular complexity index is 849. The van der Waals surface area contributed by atoms with E-state index in [4.69, 9.17) is 0 Å². The van der Waals surface area contributed by atoms with E-state index in [1.54, 1.807) is 0 Å². The minimum Gasteiger partial charge on any atom is -0.309 e. The Morgan fingerprint density at radius 2 is 1.42 bits per heavy atom. The molecule has 0 bridgehead atoms. The molecule has 4 rings (SSSR count). The summed E-state index contributed by atoms with van der Waals surface area (Å²) in [6, 6.07) is 29.2. The maximum Gasteiger partial charge on any atom is 0.228 e. The van der Waals surface area contributed by atoms with Gasteiger partial charge in [0.1, 0.15) is 0 Å². The monoisotopic (exact) mass is 341 g/mol. The minimum absolute atomic E-state index is 0.0739. The molecule has 3 aromatic carbocycles. The van der Waals surface area contributed by atoms with Crippen molar-refractivity contribution in [3.63, 3.8) is 0 Å². The summed E-state index contributed by atoms with van der Waals surface area (Å²) in [5.41, 5.74) is 4.72. The molecule has 130 valence electrons. The van der Waals surface area contributed by atoms with Gasteiger partial charge in [0.25, 0.3) is 0 Å². The molecular formula is C24H23NO. The van der Waals surface area contributed by atoms with Gasteiger partial charge in [0, 0.05) is 24.1 Å². The normalized spacial score (nSPS) is 15.9. The highest BCUT2D eigenvalue weighted by Crippen LogP contribution is 2.35. The van der Waals surface area contributed by atoms with Crippen molar-refractivity contribution in [1.82, 2.24) is 0 Å². The molecule has 0 radical (unpaired) electrons. The molecule has 0 saturated heterocycles.